The molecule has 2 atom stereocenters. The summed E-state index contributed by atoms with van der Waals surface area (Å²) in [4.78, 5) is 0. The largest absolute Gasteiger partial charge is 0.457 e. The van der Waals surface area contributed by atoms with Gasteiger partial charge in [-0.3, -0.25) is 0 Å². The van der Waals surface area contributed by atoms with Crippen molar-refractivity contribution in [2.24, 2.45) is 5.92 Å². The summed E-state index contributed by atoms with van der Waals surface area (Å²) < 4.78 is 5.77. The van der Waals surface area contributed by atoms with Crippen LogP contribution in [-0.4, -0.2) is 6.54 Å². The molecule has 1 N–H and O–H groups in total. The van der Waals surface area contributed by atoms with E-state index in [1.165, 1.54) is 5.56 Å². The summed E-state index contributed by atoms with van der Waals surface area (Å²) in [7, 11) is 0. The average Bonchev–Trinajstić information content (AvgIpc) is 2.40. The third-order valence-electron chi connectivity index (χ3n) is 3.45. The lowest BCUT2D eigenvalue weighted by Crippen LogP contribution is -2.43. The molecule has 2 unspecified atom stereocenters. The normalized spacial score (nSPS) is 22.3. The van der Waals surface area contributed by atoms with Crippen LogP contribution in [0.25, 0.3) is 0 Å². The molecule has 2 aromatic carbocycles. The van der Waals surface area contributed by atoms with Crippen molar-refractivity contribution < 1.29 is 4.74 Å². The summed E-state index contributed by atoms with van der Waals surface area (Å²) in [5.41, 5.74) is 1.34. The number of ether oxygens (including phenoxy) is 1. The first-order chi connectivity index (χ1) is 8.83. The molecule has 0 radical (unpaired) electrons. The van der Waals surface area contributed by atoms with Gasteiger partial charge in [-0.05, 0) is 35.7 Å². The summed E-state index contributed by atoms with van der Waals surface area (Å²) >= 11 is 0. The summed E-state index contributed by atoms with van der Waals surface area (Å²) in [5.74, 6) is 2.49. The molecule has 1 saturated heterocycles. The van der Waals surface area contributed by atoms with Gasteiger partial charge in [0.1, 0.15) is 11.5 Å². The van der Waals surface area contributed by atoms with E-state index in [4.69, 9.17) is 4.74 Å². The summed E-state index contributed by atoms with van der Waals surface area (Å²) in [6.45, 7) is 3.39. The van der Waals surface area contributed by atoms with Crippen molar-refractivity contribution in [3.8, 4) is 11.5 Å². The van der Waals surface area contributed by atoms with E-state index in [2.05, 4.69) is 24.4 Å². The smallest absolute Gasteiger partial charge is 0.127 e. The van der Waals surface area contributed by atoms with E-state index in [0.29, 0.717) is 6.04 Å². The van der Waals surface area contributed by atoms with E-state index in [1.807, 2.05) is 42.5 Å². The van der Waals surface area contributed by atoms with Gasteiger partial charge in [-0.25, -0.2) is 0 Å². The van der Waals surface area contributed by atoms with Gasteiger partial charge in [-0.1, -0.05) is 37.3 Å². The molecule has 0 bridgehead atoms. The van der Waals surface area contributed by atoms with Crippen molar-refractivity contribution in [3.05, 3.63) is 60.2 Å². The molecule has 3 rings (SSSR count). The van der Waals surface area contributed by atoms with Crippen LogP contribution in [0, 0.1) is 5.92 Å². The zero-order valence-electron chi connectivity index (χ0n) is 10.5. The quantitative estimate of drug-likeness (QED) is 0.880. The van der Waals surface area contributed by atoms with Crippen LogP contribution in [0.2, 0.25) is 0 Å². The predicted molar refractivity (Wildman–Crippen MR) is 72.9 cm³/mol. The molecule has 1 aliphatic heterocycles. The minimum atomic E-state index is 0.510. The van der Waals surface area contributed by atoms with Gasteiger partial charge in [0.15, 0.2) is 0 Å². The maximum absolute atomic E-state index is 5.77. The lowest BCUT2D eigenvalue weighted by atomic mass is 9.88. The fraction of sp³-hybridized carbons (Fsp3) is 0.250. The summed E-state index contributed by atoms with van der Waals surface area (Å²) in [6.07, 6.45) is 0. The van der Waals surface area contributed by atoms with Crippen LogP contribution in [0.1, 0.15) is 18.5 Å². The van der Waals surface area contributed by atoms with Crippen molar-refractivity contribution in [2.75, 3.05) is 6.54 Å². The Morgan fingerprint density at radius 3 is 2.17 bits per heavy atom. The fourth-order valence-electron chi connectivity index (χ4n) is 2.29. The Bertz CT molecular complexity index is 506. The van der Waals surface area contributed by atoms with Crippen molar-refractivity contribution in [2.45, 2.75) is 13.0 Å². The van der Waals surface area contributed by atoms with E-state index in [1.54, 1.807) is 0 Å². The SMILES string of the molecule is CC1CNC1c1ccc(Oc2ccccc2)cc1. The van der Waals surface area contributed by atoms with Crippen molar-refractivity contribution >= 4 is 0 Å². The fourth-order valence-corrected chi connectivity index (χ4v) is 2.29. The lowest BCUT2D eigenvalue weighted by molar-refractivity contribution is 0.258. The van der Waals surface area contributed by atoms with Crippen molar-refractivity contribution in [3.63, 3.8) is 0 Å². The molecule has 1 heterocycles. The van der Waals surface area contributed by atoms with Gasteiger partial charge in [-0.15, -0.1) is 0 Å². The highest BCUT2D eigenvalue weighted by Crippen LogP contribution is 2.30. The van der Waals surface area contributed by atoms with E-state index in [0.717, 1.165) is 24.0 Å². The first kappa shape index (κ1) is 11.3. The minimum Gasteiger partial charge on any atom is -0.457 e. The third-order valence-corrected chi connectivity index (χ3v) is 3.45. The van der Waals surface area contributed by atoms with Crippen LogP contribution >= 0.6 is 0 Å². The molecule has 0 spiro atoms. The molecule has 0 aromatic heterocycles. The second-order valence-electron chi connectivity index (χ2n) is 4.85. The Morgan fingerprint density at radius 2 is 1.61 bits per heavy atom. The first-order valence-corrected chi connectivity index (χ1v) is 6.39. The Balaban J connectivity index is 1.71. The molecular weight excluding hydrogens is 222 g/mol. The van der Waals surface area contributed by atoms with Crippen LogP contribution < -0.4 is 10.1 Å². The van der Waals surface area contributed by atoms with Gasteiger partial charge in [0.05, 0.1) is 0 Å². The average molecular weight is 239 g/mol. The Morgan fingerprint density at radius 1 is 0.944 bits per heavy atom. The Hall–Kier alpha value is -1.80. The van der Waals surface area contributed by atoms with Gasteiger partial charge in [0, 0.05) is 12.6 Å². The molecule has 2 aromatic rings. The first-order valence-electron chi connectivity index (χ1n) is 6.39. The van der Waals surface area contributed by atoms with Crippen LogP contribution in [0.15, 0.2) is 54.6 Å². The van der Waals surface area contributed by atoms with Crippen LogP contribution in [0.3, 0.4) is 0 Å². The monoisotopic (exact) mass is 239 g/mol. The van der Waals surface area contributed by atoms with Crippen LogP contribution in [-0.2, 0) is 0 Å². The Kier molecular flexibility index (Phi) is 3.03. The number of rotatable bonds is 3. The zero-order chi connectivity index (χ0) is 12.4. The molecule has 0 amide bonds. The lowest BCUT2D eigenvalue weighted by Gasteiger charge is -2.36. The highest BCUT2D eigenvalue weighted by molar-refractivity contribution is 5.34. The standard InChI is InChI=1S/C16H17NO/c1-12-11-17-16(12)13-7-9-15(10-8-13)18-14-5-3-2-4-6-14/h2-10,12,16-17H,11H2,1H3. The van der Waals surface area contributed by atoms with E-state index in [-0.39, 0.29) is 0 Å². The molecular formula is C16H17NO. The van der Waals surface area contributed by atoms with E-state index >= 15 is 0 Å². The van der Waals surface area contributed by atoms with Gasteiger partial charge in [0.2, 0.25) is 0 Å². The maximum atomic E-state index is 5.77. The third kappa shape index (κ3) is 2.24. The molecule has 18 heavy (non-hydrogen) atoms. The van der Waals surface area contributed by atoms with Crippen LogP contribution in [0.5, 0.6) is 11.5 Å². The van der Waals surface area contributed by atoms with Crippen LogP contribution in [0.4, 0.5) is 0 Å². The zero-order valence-corrected chi connectivity index (χ0v) is 10.5. The van der Waals surface area contributed by atoms with Crippen molar-refractivity contribution in [1.82, 2.24) is 5.32 Å². The topological polar surface area (TPSA) is 21.3 Å². The Labute approximate surface area is 108 Å². The molecule has 2 nitrogen and oxygen atoms in total. The summed E-state index contributed by atoms with van der Waals surface area (Å²) in [5, 5.41) is 3.44. The molecule has 0 saturated carbocycles. The van der Waals surface area contributed by atoms with Gasteiger partial charge in [0.25, 0.3) is 0 Å². The molecule has 92 valence electrons. The van der Waals surface area contributed by atoms with Gasteiger partial charge >= 0.3 is 0 Å². The maximum Gasteiger partial charge on any atom is 0.127 e. The molecule has 0 aliphatic carbocycles. The highest BCUT2D eigenvalue weighted by Gasteiger charge is 2.27. The van der Waals surface area contributed by atoms with E-state index in [9.17, 15) is 0 Å². The number of hydrogen-bond donors (Lipinski definition) is 1. The molecule has 1 aliphatic rings. The number of nitrogens with one attached hydrogen (secondary N) is 1. The highest BCUT2D eigenvalue weighted by atomic mass is 16.5. The molecule has 2 heteroatoms. The second-order valence-corrected chi connectivity index (χ2v) is 4.85. The van der Waals surface area contributed by atoms with Gasteiger partial charge in [-0.2, -0.15) is 0 Å². The second kappa shape index (κ2) is 4.83. The predicted octanol–water partition coefficient (Wildman–Crippen LogP) is 3.76. The number of hydrogen-bond acceptors (Lipinski definition) is 2. The van der Waals surface area contributed by atoms with E-state index < -0.39 is 0 Å². The van der Waals surface area contributed by atoms with Gasteiger partial charge < -0.3 is 10.1 Å². The van der Waals surface area contributed by atoms with Crippen molar-refractivity contribution in [1.29, 1.82) is 0 Å². The summed E-state index contributed by atoms with van der Waals surface area (Å²) in [6, 6.07) is 18.7. The number of para-hydroxylation sites is 1. The molecule has 1 fully saturated rings. The minimum absolute atomic E-state index is 0.510. The number of benzene rings is 2.